The molecule has 0 amide bonds. The summed E-state index contributed by atoms with van der Waals surface area (Å²) < 4.78 is 16.8. The molecule has 0 unspecified atom stereocenters. The van der Waals surface area contributed by atoms with Crippen molar-refractivity contribution in [1.82, 2.24) is 0 Å². The zero-order chi connectivity index (χ0) is 45.4. The number of unbranched alkanes of at least 4 members (excludes halogenated alkanes) is 35. The molecule has 0 saturated heterocycles. The molecule has 0 aromatic carbocycles. The second-order valence-corrected chi connectivity index (χ2v) is 20.2. The maximum atomic E-state index is 12.8. The van der Waals surface area contributed by atoms with E-state index in [1.54, 1.807) is 0 Å². The lowest BCUT2D eigenvalue weighted by molar-refractivity contribution is -0.167. The molecule has 6 nitrogen and oxygen atoms in total. The Balaban J connectivity index is 4.22. The predicted octanol–water partition coefficient (Wildman–Crippen LogP) is 18.1. The summed E-state index contributed by atoms with van der Waals surface area (Å²) in [5.41, 5.74) is 0. The van der Waals surface area contributed by atoms with Crippen LogP contribution in [0.5, 0.6) is 0 Å². The van der Waals surface area contributed by atoms with E-state index < -0.39 is 6.10 Å². The molecule has 0 aromatic rings. The highest BCUT2D eigenvalue weighted by Gasteiger charge is 2.19. The molecule has 0 aliphatic heterocycles. The third-order valence-corrected chi connectivity index (χ3v) is 12.7. The molecule has 0 bridgehead atoms. The molecule has 0 spiro atoms. The van der Waals surface area contributed by atoms with Gasteiger partial charge in [0.25, 0.3) is 0 Å². The van der Waals surface area contributed by atoms with Gasteiger partial charge in [-0.1, -0.05) is 272 Å². The molecule has 0 heterocycles. The Morgan fingerprint density at radius 3 is 0.790 bits per heavy atom. The molecule has 0 radical (unpaired) electrons. The summed E-state index contributed by atoms with van der Waals surface area (Å²) in [7, 11) is 0. The maximum absolute atomic E-state index is 12.8. The van der Waals surface area contributed by atoms with Gasteiger partial charge in [0.15, 0.2) is 6.10 Å². The summed E-state index contributed by atoms with van der Waals surface area (Å²) in [6.45, 7) is 11.4. The highest BCUT2D eigenvalue weighted by atomic mass is 16.6. The van der Waals surface area contributed by atoms with E-state index in [1.165, 1.54) is 199 Å². The monoisotopic (exact) mass is 877 g/mol. The van der Waals surface area contributed by atoms with Crippen LogP contribution in [-0.4, -0.2) is 37.2 Å². The molecular weight excluding hydrogens is 769 g/mol. The first kappa shape index (κ1) is 60.4. The molecule has 1 atom stereocenters. The zero-order valence-electron chi connectivity index (χ0n) is 42.5. The Hall–Kier alpha value is -1.59. The molecule has 0 aromatic heterocycles. The predicted molar refractivity (Wildman–Crippen MR) is 266 cm³/mol. The number of ether oxygens (including phenoxy) is 3. The first-order chi connectivity index (χ1) is 30.2. The summed E-state index contributed by atoms with van der Waals surface area (Å²) in [5, 5.41) is 0. The lowest BCUT2D eigenvalue weighted by atomic mass is 10.0. The summed E-state index contributed by atoms with van der Waals surface area (Å²) >= 11 is 0. The highest BCUT2D eigenvalue weighted by Crippen LogP contribution is 2.18. The van der Waals surface area contributed by atoms with Gasteiger partial charge in [0.05, 0.1) is 0 Å². The average Bonchev–Trinajstić information content (AvgIpc) is 3.24. The number of hydrogen-bond acceptors (Lipinski definition) is 6. The van der Waals surface area contributed by atoms with E-state index >= 15 is 0 Å². The Bertz CT molecular complexity index is 947. The van der Waals surface area contributed by atoms with Crippen LogP contribution in [0, 0.1) is 11.8 Å². The van der Waals surface area contributed by atoms with Crippen molar-refractivity contribution in [3.05, 3.63) is 0 Å². The molecule has 0 aliphatic carbocycles. The fourth-order valence-corrected chi connectivity index (χ4v) is 8.52. The zero-order valence-corrected chi connectivity index (χ0v) is 42.5. The van der Waals surface area contributed by atoms with E-state index in [9.17, 15) is 14.4 Å². The summed E-state index contributed by atoms with van der Waals surface area (Å²) in [6, 6.07) is 0. The Kier molecular flexibility index (Phi) is 47.6. The molecule has 6 heteroatoms. The van der Waals surface area contributed by atoms with Gasteiger partial charge in [0.2, 0.25) is 0 Å². The minimum Gasteiger partial charge on any atom is -0.462 e. The van der Waals surface area contributed by atoms with Gasteiger partial charge in [-0.3, -0.25) is 14.4 Å². The van der Waals surface area contributed by atoms with Crippen molar-refractivity contribution in [3.8, 4) is 0 Å². The van der Waals surface area contributed by atoms with Crippen LogP contribution < -0.4 is 0 Å². The Morgan fingerprint density at radius 2 is 0.532 bits per heavy atom. The van der Waals surface area contributed by atoms with Crippen LogP contribution in [0.3, 0.4) is 0 Å². The standard InChI is InChI=1S/C56H108O6/c1-6-7-8-9-10-11-26-33-38-43-48-56(59)62-53(50-61-55(58)47-42-37-32-28-23-19-18-21-25-30-35-40-45-52(4)5)49-60-54(57)46-41-36-31-27-22-17-15-13-12-14-16-20-24-29-34-39-44-51(2)3/h51-53H,6-50H2,1-5H3/t53-/m0/s1. The van der Waals surface area contributed by atoms with Gasteiger partial charge in [0.1, 0.15) is 13.2 Å². The van der Waals surface area contributed by atoms with Gasteiger partial charge >= 0.3 is 17.9 Å². The van der Waals surface area contributed by atoms with Crippen molar-refractivity contribution >= 4 is 17.9 Å². The van der Waals surface area contributed by atoms with Crippen LogP contribution in [0.15, 0.2) is 0 Å². The lowest BCUT2D eigenvalue weighted by Gasteiger charge is -2.18. The van der Waals surface area contributed by atoms with Gasteiger partial charge in [-0.05, 0) is 31.1 Å². The maximum Gasteiger partial charge on any atom is 0.306 e. The SMILES string of the molecule is CCCCCCCCCCCCC(=O)O[C@@H](COC(=O)CCCCCCCCCCCCCCCCCCC(C)C)COC(=O)CCCCCCCCCCCCCCC(C)C. The summed E-state index contributed by atoms with van der Waals surface area (Å²) in [5.74, 6) is 0.843. The first-order valence-corrected chi connectivity index (χ1v) is 27.7. The highest BCUT2D eigenvalue weighted by molar-refractivity contribution is 5.71. The van der Waals surface area contributed by atoms with Crippen LogP contribution >= 0.6 is 0 Å². The third kappa shape index (κ3) is 49.4. The summed E-state index contributed by atoms with van der Waals surface area (Å²) in [4.78, 5) is 38.0. The number of carbonyl (C=O) groups is 3. The van der Waals surface area contributed by atoms with E-state index in [0.717, 1.165) is 69.6 Å². The number of rotatable bonds is 50. The largest absolute Gasteiger partial charge is 0.462 e. The van der Waals surface area contributed by atoms with E-state index in [2.05, 4.69) is 34.6 Å². The van der Waals surface area contributed by atoms with Crippen molar-refractivity contribution in [2.75, 3.05) is 13.2 Å². The van der Waals surface area contributed by atoms with E-state index in [-0.39, 0.29) is 31.1 Å². The molecular formula is C56H108O6. The Labute approximate surface area is 387 Å². The molecule has 0 aliphatic rings. The molecule has 0 rings (SSSR count). The number of hydrogen-bond donors (Lipinski definition) is 0. The van der Waals surface area contributed by atoms with Gasteiger partial charge in [0, 0.05) is 19.3 Å². The van der Waals surface area contributed by atoms with Crippen molar-refractivity contribution in [1.29, 1.82) is 0 Å². The van der Waals surface area contributed by atoms with Crippen LogP contribution in [-0.2, 0) is 28.6 Å². The summed E-state index contributed by atoms with van der Waals surface area (Å²) in [6.07, 6.45) is 50.9. The van der Waals surface area contributed by atoms with Gasteiger partial charge in [-0.15, -0.1) is 0 Å². The van der Waals surface area contributed by atoms with Crippen LogP contribution in [0.1, 0.15) is 311 Å². The van der Waals surface area contributed by atoms with E-state index in [0.29, 0.717) is 19.3 Å². The first-order valence-electron chi connectivity index (χ1n) is 27.7. The van der Waals surface area contributed by atoms with Crippen molar-refractivity contribution < 1.29 is 28.6 Å². The number of carbonyl (C=O) groups excluding carboxylic acids is 3. The molecule has 0 saturated carbocycles. The van der Waals surface area contributed by atoms with E-state index in [1.807, 2.05) is 0 Å². The quantitative estimate of drug-likeness (QED) is 0.0344. The van der Waals surface area contributed by atoms with Crippen molar-refractivity contribution in [2.24, 2.45) is 11.8 Å². The second kappa shape index (κ2) is 48.9. The average molecular weight is 877 g/mol. The van der Waals surface area contributed by atoms with Crippen LogP contribution in [0.4, 0.5) is 0 Å². The van der Waals surface area contributed by atoms with Crippen LogP contribution in [0.2, 0.25) is 0 Å². The van der Waals surface area contributed by atoms with Gasteiger partial charge < -0.3 is 14.2 Å². The third-order valence-electron chi connectivity index (χ3n) is 12.7. The molecule has 368 valence electrons. The molecule has 62 heavy (non-hydrogen) atoms. The minimum atomic E-state index is -0.761. The lowest BCUT2D eigenvalue weighted by Crippen LogP contribution is -2.30. The van der Waals surface area contributed by atoms with E-state index in [4.69, 9.17) is 14.2 Å². The van der Waals surface area contributed by atoms with Crippen LogP contribution in [0.25, 0.3) is 0 Å². The second-order valence-electron chi connectivity index (χ2n) is 20.2. The molecule has 0 fully saturated rings. The van der Waals surface area contributed by atoms with Crippen molar-refractivity contribution in [3.63, 3.8) is 0 Å². The van der Waals surface area contributed by atoms with Crippen molar-refractivity contribution in [2.45, 2.75) is 317 Å². The number of esters is 3. The fraction of sp³-hybridized carbons (Fsp3) is 0.946. The fourth-order valence-electron chi connectivity index (χ4n) is 8.52. The molecule has 0 N–H and O–H groups in total. The smallest absolute Gasteiger partial charge is 0.306 e. The minimum absolute atomic E-state index is 0.0630. The normalized spacial score (nSPS) is 12.0. The van der Waals surface area contributed by atoms with Gasteiger partial charge in [-0.2, -0.15) is 0 Å². The Morgan fingerprint density at radius 1 is 0.306 bits per heavy atom. The van der Waals surface area contributed by atoms with Gasteiger partial charge in [-0.25, -0.2) is 0 Å². The topological polar surface area (TPSA) is 78.9 Å².